The highest BCUT2D eigenvalue weighted by atomic mass is 79.9. The van der Waals surface area contributed by atoms with Gasteiger partial charge in [0.1, 0.15) is 5.69 Å². The third kappa shape index (κ3) is 2.01. The lowest BCUT2D eigenvalue weighted by Gasteiger charge is -1.96. The molecule has 0 aromatic carbocycles. The van der Waals surface area contributed by atoms with Crippen LogP contribution in [0.25, 0.3) is 0 Å². The van der Waals surface area contributed by atoms with Crippen LogP contribution in [-0.2, 0) is 5.33 Å². The Morgan fingerprint density at radius 1 is 1.64 bits per heavy atom. The van der Waals surface area contributed by atoms with Gasteiger partial charge < -0.3 is 5.73 Å². The number of carbonyl (C=O) groups excluding carboxylic acids is 1. The van der Waals surface area contributed by atoms with Gasteiger partial charge in [0.25, 0.3) is 5.91 Å². The molecule has 0 aliphatic carbocycles. The van der Waals surface area contributed by atoms with Crippen molar-refractivity contribution in [2.45, 2.75) is 5.33 Å². The molecule has 1 aromatic rings. The van der Waals surface area contributed by atoms with Crippen LogP contribution in [0.4, 0.5) is 0 Å². The average Bonchev–Trinajstić information content (AvgIpc) is 2.05. The van der Waals surface area contributed by atoms with E-state index in [2.05, 4.69) is 20.9 Å². The molecule has 0 fully saturated rings. The summed E-state index contributed by atoms with van der Waals surface area (Å²) in [6.45, 7) is 0. The van der Waals surface area contributed by atoms with E-state index in [4.69, 9.17) is 5.73 Å². The van der Waals surface area contributed by atoms with Gasteiger partial charge in [-0.3, -0.25) is 4.79 Å². The van der Waals surface area contributed by atoms with Gasteiger partial charge in [-0.05, 0) is 12.1 Å². The number of rotatable bonds is 2. The van der Waals surface area contributed by atoms with E-state index in [0.717, 1.165) is 5.69 Å². The van der Waals surface area contributed by atoms with E-state index in [1.165, 1.54) is 0 Å². The van der Waals surface area contributed by atoms with Gasteiger partial charge in [-0.2, -0.15) is 0 Å². The molecule has 0 aliphatic heterocycles. The number of nitrogens with zero attached hydrogens (tertiary/aromatic N) is 1. The topological polar surface area (TPSA) is 56.0 Å². The highest BCUT2D eigenvalue weighted by molar-refractivity contribution is 9.08. The summed E-state index contributed by atoms with van der Waals surface area (Å²) in [6, 6.07) is 5.17. The van der Waals surface area contributed by atoms with Gasteiger partial charge in [-0.1, -0.05) is 22.0 Å². The second kappa shape index (κ2) is 3.48. The zero-order chi connectivity index (χ0) is 8.27. The number of alkyl halides is 1. The van der Waals surface area contributed by atoms with Gasteiger partial charge >= 0.3 is 0 Å². The molecule has 1 aromatic heterocycles. The van der Waals surface area contributed by atoms with E-state index in [9.17, 15) is 4.79 Å². The molecule has 0 saturated carbocycles. The molecule has 0 saturated heterocycles. The predicted molar refractivity (Wildman–Crippen MR) is 45.4 cm³/mol. The van der Waals surface area contributed by atoms with Crippen LogP contribution in [0.1, 0.15) is 16.2 Å². The monoisotopic (exact) mass is 214 g/mol. The highest BCUT2D eigenvalue weighted by Gasteiger charge is 2.00. The van der Waals surface area contributed by atoms with E-state index < -0.39 is 5.91 Å². The van der Waals surface area contributed by atoms with Crippen molar-refractivity contribution in [3.63, 3.8) is 0 Å². The maximum Gasteiger partial charge on any atom is 0.267 e. The molecule has 0 atom stereocenters. The Hall–Kier alpha value is -0.900. The van der Waals surface area contributed by atoms with Gasteiger partial charge in [0, 0.05) is 5.33 Å². The van der Waals surface area contributed by atoms with Gasteiger partial charge in [-0.15, -0.1) is 0 Å². The molecule has 0 aliphatic rings. The number of pyridine rings is 1. The van der Waals surface area contributed by atoms with Crippen LogP contribution >= 0.6 is 15.9 Å². The molecule has 4 heteroatoms. The largest absolute Gasteiger partial charge is 0.364 e. The lowest BCUT2D eigenvalue weighted by Crippen LogP contribution is -2.13. The molecule has 0 unspecified atom stereocenters. The standard InChI is InChI=1S/C7H7BrN2O/c8-4-5-2-1-3-6(10-5)7(9)11/h1-3H,4H2,(H2,9,11). The summed E-state index contributed by atoms with van der Waals surface area (Å²) in [6.07, 6.45) is 0. The second-order valence-corrected chi connectivity index (χ2v) is 2.57. The Morgan fingerprint density at radius 2 is 2.36 bits per heavy atom. The number of aromatic nitrogens is 1. The summed E-state index contributed by atoms with van der Waals surface area (Å²) >= 11 is 3.23. The smallest absolute Gasteiger partial charge is 0.267 e. The first kappa shape index (κ1) is 8.20. The predicted octanol–water partition coefficient (Wildman–Crippen LogP) is 1.08. The van der Waals surface area contributed by atoms with Crippen molar-refractivity contribution < 1.29 is 4.79 Å². The van der Waals surface area contributed by atoms with Crippen LogP contribution < -0.4 is 5.73 Å². The third-order valence-electron chi connectivity index (χ3n) is 1.20. The fourth-order valence-electron chi connectivity index (χ4n) is 0.691. The number of amides is 1. The molecule has 58 valence electrons. The van der Waals surface area contributed by atoms with Crippen molar-refractivity contribution in [1.29, 1.82) is 0 Å². The van der Waals surface area contributed by atoms with Crippen molar-refractivity contribution in [3.05, 3.63) is 29.6 Å². The minimum Gasteiger partial charge on any atom is -0.364 e. The molecule has 1 amide bonds. The minimum atomic E-state index is -0.493. The van der Waals surface area contributed by atoms with Crippen LogP contribution in [0.5, 0.6) is 0 Å². The van der Waals surface area contributed by atoms with E-state index >= 15 is 0 Å². The summed E-state index contributed by atoms with van der Waals surface area (Å²) < 4.78 is 0. The molecule has 3 nitrogen and oxygen atoms in total. The van der Waals surface area contributed by atoms with E-state index in [1.54, 1.807) is 12.1 Å². The molecule has 11 heavy (non-hydrogen) atoms. The fraction of sp³-hybridized carbons (Fsp3) is 0.143. The van der Waals surface area contributed by atoms with Crippen LogP contribution in [0.3, 0.4) is 0 Å². The second-order valence-electron chi connectivity index (χ2n) is 2.01. The van der Waals surface area contributed by atoms with E-state index in [0.29, 0.717) is 11.0 Å². The zero-order valence-corrected chi connectivity index (χ0v) is 7.34. The molecule has 2 N–H and O–H groups in total. The lowest BCUT2D eigenvalue weighted by molar-refractivity contribution is 0.0995. The first-order valence-corrected chi connectivity index (χ1v) is 4.18. The van der Waals surface area contributed by atoms with Gasteiger partial charge in [0.05, 0.1) is 5.69 Å². The molecule has 0 radical (unpaired) electrons. The summed E-state index contributed by atoms with van der Waals surface area (Å²) in [5.74, 6) is -0.493. The maximum atomic E-state index is 10.6. The van der Waals surface area contributed by atoms with Crippen LogP contribution in [0.15, 0.2) is 18.2 Å². The SMILES string of the molecule is NC(=O)c1cccc(CBr)n1. The maximum absolute atomic E-state index is 10.6. The summed E-state index contributed by atoms with van der Waals surface area (Å²) in [7, 11) is 0. The van der Waals surface area contributed by atoms with Gasteiger partial charge in [-0.25, -0.2) is 4.98 Å². The number of halogens is 1. The van der Waals surface area contributed by atoms with Crippen LogP contribution in [-0.4, -0.2) is 10.9 Å². The van der Waals surface area contributed by atoms with Crippen LogP contribution in [0, 0.1) is 0 Å². The molecule has 0 bridgehead atoms. The van der Waals surface area contributed by atoms with E-state index in [1.807, 2.05) is 6.07 Å². The molecular weight excluding hydrogens is 208 g/mol. The van der Waals surface area contributed by atoms with Crippen molar-refractivity contribution in [1.82, 2.24) is 4.98 Å². The quantitative estimate of drug-likeness (QED) is 0.750. The number of nitrogens with two attached hydrogens (primary N) is 1. The molecule has 1 heterocycles. The Morgan fingerprint density at radius 3 is 2.91 bits per heavy atom. The first-order chi connectivity index (χ1) is 5.24. The zero-order valence-electron chi connectivity index (χ0n) is 5.75. The van der Waals surface area contributed by atoms with Gasteiger partial charge in [0.2, 0.25) is 0 Å². The Bertz CT molecular complexity index is 275. The van der Waals surface area contributed by atoms with Crippen molar-refractivity contribution >= 4 is 21.8 Å². The summed E-state index contributed by atoms with van der Waals surface area (Å²) in [4.78, 5) is 14.6. The Labute approximate surface area is 72.7 Å². The Kier molecular flexibility index (Phi) is 2.59. The van der Waals surface area contributed by atoms with Crippen molar-refractivity contribution in [2.75, 3.05) is 0 Å². The molecule has 0 spiro atoms. The summed E-state index contributed by atoms with van der Waals surface area (Å²) in [5, 5.41) is 0.633. The highest BCUT2D eigenvalue weighted by Crippen LogP contribution is 2.02. The number of hydrogen-bond donors (Lipinski definition) is 1. The van der Waals surface area contributed by atoms with Crippen molar-refractivity contribution in [2.24, 2.45) is 5.73 Å². The molecular formula is C7H7BrN2O. The van der Waals surface area contributed by atoms with Crippen molar-refractivity contribution in [3.8, 4) is 0 Å². The lowest BCUT2D eigenvalue weighted by atomic mass is 10.3. The minimum absolute atomic E-state index is 0.307. The number of primary amides is 1. The summed E-state index contributed by atoms with van der Waals surface area (Å²) in [5.41, 5.74) is 6.13. The molecule has 1 rings (SSSR count). The van der Waals surface area contributed by atoms with E-state index in [-0.39, 0.29) is 0 Å². The fourth-order valence-corrected chi connectivity index (χ4v) is 1.00. The number of hydrogen-bond acceptors (Lipinski definition) is 2. The normalized spacial score (nSPS) is 9.55. The number of carbonyl (C=O) groups is 1. The third-order valence-corrected chi connectivity index (χ3v) is 1.77. The first-order valence-electron chi connectivity index (χ1n) is 3.05. The average molecular weight is 215 g/mol. The van der Waals surface area contributed by atoms with Gasteiger partial charge in [0.15, 0.2) is 0 Å². The Balaban J connectivity index is 3.01. The van der Waals surface area contributed by atoms with Crippen LogP contribution in [0.2, 0.25) is 0 Å².